The fraction of sp³-hybridized carbons (Fsp3) is 0.0714. The first-order valence-corrected chi connectivity index (χ1v) is 5.56. The van der Waals surface area contributed by atoms with Crippen LogP contribution in [0.1, 0.15) is 22.1 Å². The van der Waals surface area contributed by atoms with E-state index in [1.807, 2.05) is 0 Å². The summed E-state index contributed by atoms with van der Waals surface area (Å²) >= 11 is 0. The van der Waals surface area contributed by atoms with Gasteiger partial charge in [0.2, 0.25) is 0 Å². The average molecular weight is 243 g/mol. The first kappa shape index (κ1) is 10.8. The summed E-state index contributed by atoms with van der Waals surface area (Å²) in [7, 11) is 0. The van der Waals surface area contributed by atoms with Crippen LogP contribution in [-0.4, -0.2) is 5.91 Å². The molecule has 0 radical (unpaired) electrons. The van der Waals surface area contributed by atoms with Crippen LogP contribution in [0.2, 0.25) is 0 Å². The normalized spacial score (nSPS) is 17.6. The van der Waals surface area contributed by atoms with Crippen molar-refractivity contribution in [1.82, 2.24) is 5.32 Å². The summed E-state index contributed by atoms with van der Waals surface area (Å²) in [6, 6.07) is 13.0. The van der Waals surface area contributed by atoms with E-state index in [-0.39, 0.29) is 11.7 Å². The maximum Gasteiger partial charge on any atom is 0.258 e. The van der Waals surface area contributed by atoms with E-state index in [0.717, 1.165) is 0 Å². The first-order valence-electron chi connectivity index (χ1n) is 5.56. The van der Waals surface area contributed by atoms with Gasteiger partial charge in [0.25, 0.3) is 5.91 Å². The number of hydrogen-bond donors (Lipinski definition) is 1. The number of rotatable bonds is 1. The smallest absolute Gasteiger partial charge is 0.258 e. The van der Waals surface area contributed by atoms with Crippen LogP contribution in [0.5, 0.6) is 5.75 Å². The molecule has 0 saturated heterocycles. The minimum Gasteiger partial charge on any atom is -0.466 e. The fourth-order valence-electron chi connectivity index (χ4n) is 1.93. The lowest BCUT2D eigenvalue weighted by atomic mass is 10.1. The number of amides is 1. The summed E-state index contributed by atoms with van der Waals surface area (Å²) < 4.78 is 18.8. The Morgan fingerprint density at radius 2 is 1.94 bits per heavy atom. The van der Waals surface area contributed by atoms with Gasteiger partial charge in [-0.05, 0) is 24.3 Å². The van der Waals surface area contributed by atoms with Crippen LogP contribution in [0.4, 0.5) is 4.39 Å². The molecule has 1 aliphatic heterocycles. The molecule has 1 heterocycles. The Morgan fingerprint density at radius 1 is 1.11 bits per heavy atom. The van der Waals surface area contributed by atoms with Crippen molar-refractivity contribution >= 4 is 5.91 Å². The van der Waals surface area contributed by atoms with Gasteiger partial charge in [-0.3, -0.25) is 4.79 Å². The van der Waals surface area contributed by atoms with Crippen molar-refractivity contribution in [3.8, 4) is 5.75 Å². The molecule has 18 heavy (non-hydrogen) atoms. The van der Waals surface area contributed by atoms with E-state index in [1.165, 1.54) is 12.1 Å². The predicted octanol–water partition coefficient (Wildman–Crippen LogP) is 2.65. The number of para-hydroxylation sites is 1. The maximum absolute atomic E-state index is 13.1. The van der Waals surface area contributed by atoms with Gasteiger partial charge in [-0.2, -0.15) is 0 Å². The molecule has 90 valence electrons. The molecule has 1 aliphatic rings. The molecule has 0 saturated carbocycles. The summed E-state index contributed by atoms with van der Waals surface area (Å²) in [6.45, 7) is 0. The highest BCUT2D eigenvalue weighted by atomic mass is 19.1. The number of nitrogens with one attached hydrogen (secondary N) is 1. The van der Waals surface area contributed by atoms with Crippen LogP contribution < -0.4 is 10.1 Å². The van der Waals surface area contributed by atoms with E-state index in [0.29, 0.717) is 16.9 Å². The number of benzene rings is 2. The Labute approximate surface area is 103 Å². The van der Waals surface area contributed by atoms with Crippen LogP contribution in [0.25, 0.3) is 0 Å². The third-order valence-electron chi connectivity index (χ3n) is 2.79. The highest BCUT2D eigenvalue weighted by Gasteiger charge is 2.26. The van der Waals surface area contributed by atoms with Gasteiger partial charge in [0.15, 0.2) is 6.23 Å². The monoisotopic (exact) mass is 243 g/mol. The molecule has 3 nitrogen and oxygen atoms in total. The van der Waals surface area contributed by atoms with Crippen LogP contribution >= 0.6 is 0 Å². The molecule has 3 rings (SSSR count). The Balaban J connectivity index is 1.97. The molecule has 0 aliphatic carbocycles. The van der Waals surface area contributed by atoms with E-state index >= 15 is 0 Å². The lowest BCUT2D eigenvalue weighted by molar-refractivity contribution is 0.0755. The summed E-state index contributed by atoms with van der Waals surface area (Å²) in [5, 5.41) is 2.69. The molecule has 1 atom stereocenters. The van der Waals surface area contributed by atoms with Gasteiger partial charge in [-0.25, -0.2) is 4.39 Å². The van der Waals surface area contributed by atoms with E-state index < -0.39 is 6.23 Å². The van der Waals surface area contributed by atoms with E-state index in [4.69, 9.17) is 4.74 Å². The van der Waals surface area contributed by atoms with Gasteiger partial charge >= 0.3 is 0 Å². The Hall–Kier alpha value is -2.36. The number of carbonyl (C=O) groups excluding carboxylic acids is 1. The second kappa shape index (κ2) is 4.14. The number of ether oxygens (including phenoxy) is 1. The summed E-state index contributed by atoms with van der Waals surface area (Å²) in [5.41, 5.74) is 1.07. The Morgan fingerprint density at radius 3 is 2.78 bits per heavy atom. The molecule has 1 N–H and O–H groups in total. The molecule has 0 fully saturated rings. The number of halogens is 1. The van der Waals surface area contributed by atoms with Gasteiger partial charge in [0, 0.05) is 5.56 Å². The van der Waals surface area contributed by atoms with E-state index in [9.17, 15) is 9.18 Å². The summed E-state index contributed by atoms with van der Waals surface area (Å²) in [5.74, 6) is -0.0640. The molecule has 2 aromatic carbocycles. The third kappa shape index (κ3) is 1.82. The largest absolute Gasteiger partial charge is 0.466 e. The zero-order valence-electron chi connectivity index (χ0n) is 9.39. The maximum atomic E-state index is 13.1. The Kier molecular flexibility index (Phi) is 2.48. The van der Waals surface area contributed by atoms with Crippen molar-refractivity contribution < 1.29 is 13.9 Å². The second-order valence-corrected chi connectivity index (χ2v) is 4.02. The highest BCUT2D eigenvalue weighted by Crippen LogP contribution is 2.28. The Bertz CT molecular complexity index is 612. The van der Waals surface area contributed by atoms with Crippen molar-refractivity contribution in [3.05, 3.63) is 65.5 Å². The van der Waals surface area contributed by atoms with Gasteiger partial charge in [0.05, 0.1) is 5.56 Å². The quantitative estimate of drug-likeness (QED) is 0.836. The third-order valence-corrected chi connectivity index (χ3v) is 2.79. The van der Waals surface area contributed by atoms with Crippen molar-refractivity contribution in [1.29, 1.82) is 0 Å². The zero-order chi connectivity index (χ0) is 12.5. The van der Waals surface area contributed by atoms with Gasteiger partial charge in [-0.15, -0.1) is 0 Å². The summed E-state index contributed by atoms with van der Waals surface area (Å²) in [4.78, 5) is 11.9. The molecule has 0 unspecified atom stereocenters. The van der Waals surface area contributed by atoms with Crippen LogP contribution in [0.3, 0.4) is 0 Å². The number of fused-ring (bicyclic) bond motifs is 1. The van der Waals surface area contributed by atoms with Crippen molar-refractivity contribution in [2.45, 2.75) is 6.23 Å². The topological polar surface area (TPSA) is 38.3 Å². The molecule has 0 bridgehead atoms. The van der Waals surface area contributed by atoms with Crippen LogP contribution in [0.15, 0.2) is 48.5 Å². The van der Waals surface area contributed by atoms with E-state index in [1.54, 1.807) is 36.4 Å². The van der Waals surface area contributed by atoms with Gasteiger partial charge in [0.1, 0.15) is 11.6 Å². The number of carbonyl (C=O) groups is 1. The van der Waals surface area contributed by atoms with Crippen molar-refractivity contribution in [3.63, 3.8) is 0 Å². The lowest BCUT2D eigenvalue weighted by Gasteiger charge is -2.26. The van der Waals surface area contributed by atoms with Crippen molar-refractivity contribution in [2.24, 2.45) is 0 Å². The second-order valence-electron chi connectivity index (χ2n) is 4.02. The zero-order valence-corrected chi connectivity index (χ0v) is 9.39. The fourth-order valence-corrected chi connectivity index (χ4v) is 1.93. The number of hydrogen-bond acceptors (Lipinski definition) is 2. The lowest BCUT2D eigenvalue weighted by Crippen LogP contribution is -2.36. The SMILES string of the molecule is O=C1N[C@H](c2cccc(F)c2)Oc2ccccc21. The molecular weight excluding hydrogens is 233 g/mol. The summed E-state index contributed by atoms with van der Waals surface area (Å²) in [6.07, 6.45) is -0.650. The molecule has 2 aromatic rings. The first-order chi connectivity index (χ1) is 8.74. The van der Waals surface area contributed by atoms with Crippen LogP contribution in [0, 0.1) is 5.82 Å². The predicted molar refractivity (Wildman–Crippen MR) is 63.7 cm³/mol. The molecular formula is C14H10FNO2. The minimum absolute atomic E-state index is 0.217. The van der Waals surface area contributed by atoms with Gasteiger partial charge in [-0.1, -0.05) is 24.3 Å². The standard InChI is InChI=1S/C14H10FNO2/c15-10-5-3-4-9(8-10)14-16-13(17)11-6-1-2-7-12(11)18-14/h1-8,14H,(H,16,17)/t14-/m0/s1. The molecule has 0 aromatic heterocycles. The molecule has 4 heteroatoms. The minimum atomic E-state index is -0.650. The van der Waals surface area contributed by atoms with E-state index in [2.05, 4.69) is 5.32 Å². The molecule has 0 spiro atoms. The highest BCUT2D eigenvalue weighted by molar-refractivity contribution is 5.97. The molecule has 1 amide bonds. The van der Waals surface area contributed by atoms with Gasteiger partial charge < -0.3 is 10.1 Å². The van der Waals surface area contributed by atoms with Crippen molar-refractivity contribution in [2.75, 3.05) is 0 Å². The van der Waals surface area contributed by atoms with Crippen LogP contribution in [-0.2, 0) is 0 Å². The average Bonchev–Trinajstić information content (AvgIpc) is 2.39.